The molecular formula is C20H19N3O2. The SMILES string of the molecule is Cc1ccc(C2=NOC(C)(c3nnc(Cc4ccccc4)o3)C2)cc1. The summed E-state index contributed by atoms with van der Waals surface area (Å²) in [7, 11) is 0. The standard InChI is InChI=1S/C20H19N3O2/c1-14-8-10-16(11-9-14)17-13-20(2,25-23-17)19-22-21-18(24-19)12-15-6-4-3-5-7-15/h3-11H,12-13H2,1-2H3. The lowest BCUT2D eigenvalue weighted by Crippen LogP contribution is -2.22. The number of hydrogen-bond donors (Lipinski definition) is 0. The van der Waals surface area contributed by atoms with E-state index in [2.05, 4.69) is 46.5 Å². The van der Waals surface area contributed by atoms with Crippen molar-refractivity contribution in [1.29, 1.82) is 0 Å². The molecule has 1 aliphatic heterocycles. The molecule has 5 heteroatoms. The Bertz CT molecular complexity index is 900. The number of aryl methyl sites for hydroxylation is 1. The maximum Gasteiger partial charge on any atom is 0.263 e. The zero-order valence-electron chi connectivity index (χ0n) is 14.3. The maximum atomic E-state index is 5.86. The number of rotatable bonds is 4. The van der Waals surface area contributed by atoms with Crippen molar-refractivity contribution in [3.63, 3.8) is 0 Å². The molecule has 0 fully saturated rings. The van der Waals surface area contributed by atoms with Crippen molar-refractivity contribution < 1.29 is 9.25 Å². The predicted molar refractivity (Wildman–Crippen MR) is 94.3 cm³/mol. The molecule has 126 valence electrons. The third kappa shape index (κ3) is 3.18. The van der Waals surface area contributed by atoms with Gasteiger partial charge in [-0.15, -0.1) is 10.2 Å². The van der Waals surface area contributed by atoms with Gasteiger partial charge in [0.1, 0.15) is 0 Å². The van der Waals surface area contributed by atoms with Crippen LogP contribution in [0.5, 0.6) is 0 Å². The molecule has 0 spiro atoms. The Labute approximate surface area is 146 Å². The largest absolute Gasteiger partial charge is 0.421 e. The molecule has 0 aliphatic carbocycles. The van der Waals surface area contributed by atoms with Gasteiger partial charge >= 0.3 is 0 Å². The van der Waals surface area contributed by atoms with Gasteiger partial charge in [-0.1, -0.05) is 65.3 Å². The molecule has 0 radical (unpaired) electrons. The minimum atomic E-state index is -0.720. The number of hydrogen-bond acceptors (Lipinski definition) is 5. The van der Waals surface area contributed by atoms with Gasteiger partial charge in [0.05, 0.1) is 12.1 Å². The van der Waals surface area contributed by atoms with Crippen LogP contribution in [0.1, 0.15) is 41.8 Å². The van der Waals surface area contributed by atoms with Gasteiger partial charge in [-0.3, -0.25) is 0 Å². The highest BCUT2D eigenvalue weighted by Gasteiger charge is 2.41. The molecule has 0 amide bonds. The van der Waals surface area contributed by atoms with Crippen LogP contribution in [0.3, 0.4) is 0 Å². The van der Waals surface area contributed by atoms with E-state index in [0.717, 1.165) is 16.8 Å². The highest BCUT2D eigenvalue weighted by atomic mass is 16.7. The Hall–Kier alpha value is -2.95. The van der Waals surface area contributed by atoms with E-state index in [9.17, 15) is 0 Å². The van der Waals surface area contributed by atoms with Crippen LogP contribution in [0.2, 0.25) is 0 Å². The first-order valence-corrected chi connectivity index (χ1v) is 8.31. The zero-order valence-corrected chi connectivity index (χ0v) is 14.3. The Morgan fingerprint density at radius 1 is 1.00 bits per heavy atom. The van der Waals surface area contributed by atoms with Crippen LogP contribution in [-0.2, 0) is 16.9 Å². The summed E-state index contributed by atoms with van der Waals surface area (Å²) in [6.45, 7) is 3.99. The van der Waals surface area contributed by atoms with E-state index in [1.54, 1.807) is 0 Å². The average molecular weight is 333 g/mol. The van der Waals surface area contributed by atoms with E-state index in [1.165, 1.54) is 5.56 Å². The van der Waals surface area contributed by atoms with E-state index in [0.29, 0.717) is 24.6 Å². The summed E-state index contributed by atoms with van der Waals surface area (Å²) < 4.78 is 5.86. The van der Waals surface area contributed by atoms with Gasteiger partial charge < -0.3 is 9.25 Å². The Morgan fingerprint density at radius 3 is 2.52 bits per heavy atom. The van der Waals surface area contributed by atoms with Crippen LogP contribution >= 0.6 is 0 Å². The van der Waals surface area contributed by atoms with Crippen molar-refractivity contribution in [1.82, 2.24) is 10.2 Å². The van der Waals surface area contributed by atoms with Crippen LogP contribution in [-0.4, -0.2) is 15.9 Å². The van der Waals surface area contributed by atoms with Crippen LogP contribution in [0.4, 0.5) is 0 Å². The second-order valence-corrected chi connectivity index (χ2v) is 6.57. The fraction of sp³-hybridized carbons (Fsp3) is 0.250. The lowest BCUT2D eigenvalue weighted by Gasteiger charge is -2.16. The molecule has 1 unspecified atom stereocenters. The van der Waals surface area contributed by atoms with Crippen molar-refractivity contribution in [2.45, 2.75) is 32.3 Å². The molecule has 1 aromatic heterocycles. The first-order valence-electron chi connectivity index (χ1n) is 8.31. The summed E-state index contributed by atoms with van der Waals surface area (Å²) in [5.74, 6) is 1.04. The first-order chi connectivity index (χ1) is 12.1. The van der Waals surface area contributed by atoms with E-state index in [4.69, 9.17) is 9.25 Å². The summed E-state index contributed by atoms with van der Waals surface area (Å²) in [5.41, 5.74) is 3.58. The van der Waals surface area contributed by atoms with Gasteiger partial charge in [-0.05, 0) is 25.0 Å². The summed E-state index contributed by atoms with van der Waals surface area (Å²) in [6, 6.07) is 18.3. The molecule has 1 atom stereocenters. The fourth-order valence-corrected chi connectivity index (χ4v) is 2.86. The summed E-state index contributed by atoms with van der Waals surface area (Å²) in [4.78, 5) is 5.68. The van der Waals surface area contributed by atoms with E-state index in [-0.39, 0.29) is 0 Å². The highest BCUT2D eigenvalue weighted by molar-refractivity contribution is 6.01. The zero-order chi connectivity index (χ0) is 17.3. The first kappa shape index (κ1) is 15.6. The molecule has 25 heavy (non-hydrogen) atoms. The van der Waals surface area contributed by atoms with Crippen LogP contribution in [0, 0.1) is 6.92 Å². The highest BCUT2D eigenvalue weighted by Crippen LogP contribution is 2.35. The number of benzene rings is 2. The lowest BCUT2D eigenvalue weighted by atomic mass is 9.95. The van der Waals surface area contributed by atoms with E-state index in [1.807, 2.05) is 37.3 Å². The third-order valence-electron chi connectivity index (χ3n) is 4.36. The monoisotopic (exact) mass is 333 g/mol. The Kier molecular flexibility index (Phi) is 3.84. The molecule has 0 bridgehead atoms. The van der Waals surface area contributed by atoms with Gasteiger partial charge in [0, 0.05) is 6.42 Å². The van der Waals surface area contributed by atoms with Gasteiger partial charge in [-0.25, -0.2) is 0 Å². The molecular weight excluding hydrogens is 314 g/mol. The maximum absolute atomic E-state index is 5.86. The molecule has 2 heterocycles. The molecule has 0 saturated heterocycles. The molecule has 3 aromatic rings. The van der Waals surface area contributed by atoms with Crippen molar-refractivity contribution in [3.05, 3.63) is 83.1 Å². The fourth-order valence-electron chi connectivity index (χ4n) is 2.86. The third-order valence-corrected chi connectivity index (χ3v) is 4.36. The summed E-state index contributed by atoms with van der Waals surface area (Å²) >= 11 is 0. The number of nitrogens with zero attached hydrogens (tertiary/aromatic N) is 3. The molecule has 1 aliphatic rings. The van der Waals surface area contributed by atoms with Crippen molar-refractivity contribution >= 4 is 5.71 Å². The molecule has 0 N–H and O–H groups in total. The predicted octanol–water partition coefficient (Wildman–Crippen LogP) is 4.01. The van der Waals surface area contributed by atoms with Gasteiger partial charge in [0.25, 0.3) is 5.89 Å². The normalized spacial score (nSPS) is 19.5. The molecule has 2 aromatic carbocycles. The number of aromatic nitrogens is 2. The molecule has 0 saturated carbocycles. The molecule has 4 rings (SSSR count). The minimum Gasteiger partial charge on any atom is -0.421 e. The van der Waals surface area contributed by atoms with Crippen molar-refractivity contribution in [2.24, 2.45) is 5.16 Å². The van der Waals surface area contributed by atoms with Gasteiger partial charge in [0.2, 0.25) is 11.5 Å². The number of oxime groups is 1. The second kappa shape index (κ2) is 6.16. The lowest BCUT2D eigenvalue weighted by molar-refractivity contribution is -0.0285. The smallest absolute Gasteiger partial charge is 0.263 e. The second-order valence-electron chi connectivity index (χ2n) is 6.57. The van der Waals surface area contributed by atoms with E-state index >= 15 is 0 Å². The topological polar surface area (TPSA) is 60.5 Å². The van der Waals surface area contributed by atoms with Gasteiger partial charge in [0.15, 0.2) is 0 Å². The van der Waals surface area contributed by atoms with Crippen molar-refractivity contribution in [2.75, 3.05) is 0 Å². The molecule has 5 nitrogen and oxygen atoms in total. The quantitative estimate of drug-likeness (QED) is 0.724. The average Bonchev–Trinajstić information content (AvgIpc) is 3.25. The van der Waals surface area contributed by atoms with Crippen molar-refractivity contribution in [3.8, 4) is 0 Å². The Balaban J connectivity index is 1.50. The summed E-state index contributed by atoms with van der Waals surface area (Å²) in [6.07, 6.45) is 1.21. The van der Waals surface area contributed by atoms with Crippen LogP contribution < -0.4 is 0 Å². The minimum absolute atomic E-state index is 0.462. The van der Waals surface area contributed by atoms with Crippen LogP contribution in [0.15, 0.2) is 64.2 Å². The van der Waals surface area contributed by atoms with Gasteiger partial charge in [-0.2, -0.15) is 0 Å². The Morgan fingerprint density at radius 2 is 1.76 bits per heavy atom. The summed E-state index contributed by atoms with van der Waals surface area (Å²) in [5, 5.41) is 12.6. The van der Waals surface area contributed by atoms with E-state index < -0.39 is 5.60 Å². The van der Waals surface area contributed by atoms with Crippen LogP contribution in [0.25, 0.3) is 0 Å².